The van der Waals surface area contributed by atoms with Gasteiger partial charge in [-0.1, -0.05) is 17.7 Å². The number of fused-ring (bicyclic) bond motifs is 1. The van der Waals surface area contributed by atoms with Gasteiger partial charge in [0.25, 0.3) is 5.91 Å². The number of amides is 1. The first-order chi connectivity index (χ1) is 13.1. The number of nitrogens with one attached hydrogen (secondary N) is 1. The van der Waals surface area contributed by atoms with E-state index in [1.165, 1.54) is 11.3 Å². The Hall–Kier alpha value is -2.41. The van der Waals surface area contributed by atoms with Crippen LogP contribution in [0.5, 0.6) is 0 Å². The van der Waals surface area contributed by atoms with Crippen LogP contribution in [-0.4, -0.2) is 27.2 Å². The third kappa shape index (κ3) is 4.19. The lowest BCUT2D eigenvalue weighted by molar-refractivity contribution is 0.0958. The van der Waals surface area contributed by atoms with Crippen molar-refractivity contribution in [3.63, 3.8) is 0 Å². The van der Waals surface area contributed by atoms with E-state index in [2.05, 4.69) is 15.4 Å². The Labute approximate surface area is 177 Å². The summed E-state index contributed by atoms with van der Waals surface area (Å²) in [6, 6.07) is 15.2. The molecule has 0 unspecified atom stereocenters. The molecule has 3 heterocycles. The highest BCUT2D eigenvalue weighted by molar-refractivity contribution is 7.20. The number of halogens is 2. The Kier molecular flexibility index (Phi) is 6.34. The van der Waals surface area contributed by atoms with Crippen molar-refractivity contribution in [2.24, 2.45) is 0 Å². The maximum atomic E-state index is 12.5. The van der Waals surface area contributed by atoms with E-state index in [9.17, 15) is 4.79 Å². The Morgan fingerprint density at radius 2 is 2.00 bits per heavy atom. The summed E-state index contributed by atoms with van der Waals surface area (Å²) in [6.45, 7) is 2.50. The number of nitrogens with zero attached hydrogens (tertiary/aromatic N) is 3. The summed E-state index contributed by atoms with van der Waals surface area (Å²) in [4.78, 5) is 18.4. The molecule has 8 heteroatoms. The fraction of sp³-hybridized carbons (Fsp3) is 0.150. The molecule has 4 rings (SSSR count). The standard InChI is InChI=1S/C20H17ClN4OS.ClH/c1-13-17-12-18(19(26)23-11-9-15-4-2-3-10-22-15)27-20(17)25(24-13)16-7-5-14(21)6-8-16;/h2-8,10,12H,9,11H2,1H3,(H,23,26);1H. The number of hydrogen-bond donors (Lipinski definition) is 1. The number of pyridine rings is 1. The molecule has 0 saturated carbocycles. The van der Waals surface area contributed by atoms with Gasteiger partial charge in [-0.2, -0.15) is 5.10 Å². The predicted molar refractivity (Wildman–Crippen MR) is 116 cm³/mol. The van der Waals surface area contributed by atoms with Crippen molar-refractivity contribution in [3.8, 4) is 5.69 Å². The molecule has 0 aliphatic heterocycles. The molecule has 0 saturated heterocycles. The number of carbonyl (C=O) groups is 1. The smallest absolute Gasteiger partial charge is 0.261 e. The molecule has 0 aliphatic rings. The van der Waals surface area contributed by atoms with E-state index < -0.39 is 0 Å². The van der Waals surface area contributed by atoms with E-state index in [0.29, 0.717) is 22.9 Å². The minimum absolute atomic E-state index is 0. The van der Waals surface area contributed by atoms with Gasteiger partial charge in [0.15, 0.2) is 0 Å². The molecule has 0 fully saturated rings. The SMILES string of the molecule is Cc1nn(-c2ccc(Cl)cc2)c2sc(C(=O)NCCc3ccccn3)cc12.Cl. The van der Waals surface area contributed by atoms with Crippen LogP contribution in [-0.2, 0) is 6.42 Å². The van der Waals surface area contributed by atoms with Crippen LogP contribution in [0.25, 0.3) is 15.9 Å². The minimum Gasteiger partial charge on any atom is -0.351 e. The second-order valence-corrected chi connectivity index (χ2v) is 7.60. The van der Waals surface area contributed by atoms with E-state index in [4.69, 9.17) is 11.6 Å². The van der Waals surface area contributed by atoms with Gasteiger partial charge in [0, 0.05) is 35.3 Å². The quantitative estimate of drug-likeness (QED) is 0.490. The first kappa shape index (κ1) is 20.3. The van der Waals surface area contributed by atoms with Crippen LogP contribution in [0.4, 0.5) is 0 Å². The van der Waals surface area contributed by atoms with E-state index in [0.717, 1.165) is 27.3 Å². The fourth-order valence-corrected chi connectivity index (χ4v) is 4.08. The second kappa shape index (κ2) is 8.73. The lowest BCUT2D eigenvalue weighted by atomic mass is 10.2. The molecule has 3 aromatic heterocycles. The zero-order chi connectivity index (χ0) is 18.8. The van der Waals surface area contributed by atoms with Gasteiger partial charge >= 0.3 is 0 Å². The Morgan fingerprint density at radius 1 is 1.21 bits per heavy atom. The monoisotopic (exact) mass is 432 g/mol. The molecule has 0 radical (unpaired) electrons. The van der Waals surface area contributed by atoms with E-state index in [1.807, 2.05) is 60.1 Å². The van der Waals surface area contributed by atoms with Crippen molar-refractivity contribution in [1.82, 2.24) is 20.1 Å². The molecule has 0 atom stereocenters. The van der Waals surface area contributed by atoms with Crippen molar-refractivity contribution in [2.45, 2.75) is 13.3 Å². The first-order valence-corrected chi connectivity index (χ1v) is 9.74. The molecule has 0 spiro atoms. The zero-order valence-corrected chi connectivity index (χ0v) is 17.4. The topological polar surface area (TPSA) is 59.8 Å². The first-order valence-electron chi connectivity index (χ1n) is 8.55. The van der Waals surface area contributed by atoms with Gasteiger partial charge in [-0.05, 0) is 49.4 Å². The second-order valence-electron chi connectivity index (χ2n) is 6.13. The molecule has 1 aromatic carbocycles. The average Bonchev–Trinajstić information content (AvgIpc) is 3.24. The molecule has 4 aromatic rings. The van der Waals surface area contributed by atoms with Gasteiger partial charge in [0.2, 0.25) is 0 Å². The molecular formula is C20H18Cl2N4OS. The minimum atomic E-state index is -0.0748. The fourth-order valence-electron chi connectivity index (χ4n) is 2.85. The van der Waals surface area contributed by atoms with Crippen LogP contribution in [0, 0.1) is 6.92 Å². The lowest BCUT2D eigenvalue weighted by Gasteiger charge is -2.04. The van der Waals surface area contributed by atoms with Crippen LogP contribution < -0.4 is 5.32 Å². The summed E-state index contributed by atoms with van der Waals surface area (Å²) in [5.74, 6) is -0.0748. The zero-order valence-electron chi connectivity index (χ0n) is 15.1. The predicted octanol–water partition coefficient (Wildman–Crippen LogP) is 4.84. The molecular weight excluding hydrogens is 415 g/mol. The highest BCUT2D eigenvalue weighted by atomic mass is 35.5. The number of carbonyl (C=O) groups excluding carboxylic acids is 1. The highest BCUT2D eigenvalue weighted by Gasteiger charge is 2.17. The van der Waals surface area contributed by atoms with Crippen molar-refractivity contribution in [3.05, 3.63) is 76.0 Å². The Bertz CT molecular complexity index is 1090. The summed E-state index contributed by atoms with van der Waals surface area (Å²) in [7, 11) is 0. The maximum Gasteiger partial charge on any atom is 0.261 e. The third-order valence-electron chi connectivity index (χ3n) is 4.23. The molecule has 144 valence electrons. The number of thiophene rings is 1. The largest absolute Gasteiger partial charge is 0.351 e. The van der Waals surface area contributed by atoms with Gasteiger partial charge in [-0.15, -0.1) is 23.7 Å². The maximum absolute atomic E-state index is 12.5. The van der Waals surface area contributed by atoms with Crippen LogP contribution in [0.15, 0.2) is 54.7 Å². The molecule has 1 amide bonds. The number of hydrogen-bond acceptors (Lipinski definition) is 4. The number of benzene rings is 1. The summed E-state index contributed by atoms with van der Waals surface area (Å²) in [5, 5.41) is 9.23. The van der Waals surface area contributed by atoms with Crippen LogP contribution in [0.3, 0.4) is 0 Å². The van der Waals surface area contributed by atoms with Gasteiger partial charge in [0.1, 0.15) is 4.83 Å². The van der Waals surface area contributed by atoms with E-state index >= 15 is 0 Å². The molecule has 5 nitrogen and oxygen atoms in total. The van der Waals surface area contributed by atoms with E-state index in [1.54, 1.807) is 6.20 Å². The van der Waals surface area contributed by atoms with Gasteiger partial charge < -0.3 is 5.32 Å². The van der Waals surface area contributed by atoms with Crippen molar-refractivity contribution in [1.29, 1.82) is 0 Å². The molecule has 0 aliphatic carbocycles. The molecule has 0 bridgehead atoms. The average molecular weight is 433 g/mol. The van der Waals surface area contributed by atoms with Crippen LogP contribution in [0.2, 0.25) is 5.02 Å². The number of rotatable bonds is 5. The summed E-state index contributed by atoms with van der Waals surface area (Å²) in [5.41, 5.74) is 2.77. The summed E-state index contributed by atoms with van der Waals surface area (Å²) in [6.07, 6.45) is 2.46. The molecule has 1 N–H and O–H groups in total. The number of aryl methyl sites for hydroxylation is 1. The summed E-state index contributed by atoms with van der Waals surface area (Å²) < 4.78 is 1.86. The van der Waals surface area contributed by atoms with Crippen molar-refractivity contribution in [2.75, 3.05) is 6.54 Å². The van der Waals surface area contributed by atoms with Crippen LogP contribution >= 0.6 is 35.3 Å². The lowest BCUT2D eigenvalue weighted by Crippen LogP contribution is -2.25. The van der Waals surface area contributed by atoms with Gasteiger partial charge in [-0.3, -0.25) is 9.78 Å². The Morgan fingerprint density at radius 3 is 2.71 bits per heavy atom. The molecule has 28 heavy (non-hydrogen) atoms. The van der Waals surface area contributed by atoms with Gasteiger partial charge in [-0.25, -0.2) is 4.68 Å². The van der Waals surface area contributed by atoms with Gasteiger partial charge in [0.05, 0.1) is 16.3 Å². The highest BCUT2D eigenvalue weighted by Crippen LogP contribution is 2.30. The Balaban J connectivity index is 0.00000225. The third-order valence-corrected chi connectivity index (χ3v) is 5.59. The van der Waals surface area contributed by atoms with Crippen molar-refractivity contribution >= 4 is 51.5 Å². The summed E-state index contributed by atoms with van der Waals surface area (Å²) >= 11 is 7.41. The number of aromatic nitrogens is 3. The van der Waals surface area contributed by atoms with Crippen LogP contribution in [0.1, 0.15) is 21.1 Å². The van der Waals surface area contributed by atoms with E-state index in [-0.39, 0.29) is 18.3 Å². The van der Waals surface area contributed by atoms with Crippen molar-refractivity contribution < 1.29 is 4.79 Å². The normalized spacial score (nSPS) is 10.6.